The maximum atomic E-state index is 13.5. The Balaban J connectivity index is 1.56. The lowest BCUT2D eigenvalue weighted by molar-refractivity contribution is -0.145. The quantitative estimate of drug-likeness (QED) is 0.343. The van der Waals surface area contributed by atoms with Gasteiger partial charge >= 0.3 is 12.1 Å². The zero-order valence-corrected chi connectivity index (χ0v) is 22.0. The maximum Gasteiger partial charge on any atom is 0.416 e. The van der Waals surface area contributed by atoms with E-state index in [0.29, 0.717) is 22.4 Å². The molecule has 0 fully saturated rings. The SMILES string of the molecule is CCOC(=O)COc1ccc(S(=O)(=O)N2Cc3cc(-c4ccc(C(F)(F)F)cc4)ccc3C(C)C2)cc1C. The van der Waals surface area contributed by atoms with Gasteiger partial charge in [-0.15, -0.1) is 0 Å². The Kier molecular flexibility index (Phi) is 7.85. The van der Waals surface area contributed by atoms with Crippen molar-refractivity contribution in [3.8, 4) is 16.9 Å². The fourth-order valence-electron chi connectivity index (χ4n) is 4.53. The molecule has 0 aliphatic carbocycles. The van der Waals surface area contributed by atoms with Gasteiger partial charge in [0.15, 0.2) is 6.61 Å². The number of hydrogen-bond acceptors (Lipinski definition) is 5. The van der Waals surface area contributed by atoms with E-state index >= 15 is 0 Å². The molecule has 1 heterocycles. The molecule has 1 atom stereocenters. The van der Waals surface area contributed by atoms with Gasteiger partial charge in [-0.2, -0.15) is 17.5 Å². The molecule has 1 unspecified atom stereocenters. The van der Waals surface area contributed by atoms with Crippen LogP contribution in [0.25, 0.3) is 11.1 Å². The second kappa shape index (κ2) is 10.8. The van der Waals surface area contributed by atoms with Crippen LogP contribution in [0.3, 0.4) is 0 Å². The fraction of sp³-hybridized carbons (Fsp3) is 0.321. The zero-order chi connectivity index (χ0) is 27.7. The molecule has 1 aliphatic heterocycles. The lowest BCUT2D eigenvalue weighted by Crippen LogP contribution is -2.37. The van der Waals surface area contributed by atoms with E-state index in [0.717, 1.165) is 23.3 Å². The number of halogens is 3. The van der Waals surface area contributed by atoms with Crippen molar-refractivity contribution in [3.05, 3.63) is 82.9 Å². The number of carbonyl (C=O) groups is 1. The highest BCUT2D eigenvalue weighted by atomic mass is 32.2. The van der Waals surface area contributed by atoms with Crippen LogP contribution < -0.4 is 4.74 Å². The average Bonchev–Trinajstić information content (AvgIpc) is 2.87. The van der Waals surface area contributed by atoms with E-state index in [9.17, 15) is 26.4 Å². The van der Waals surface area contributed by atoms with Gasteiger partial charge in [0.05, 0.1) is 17.1 Å². The highest BCUT2D eigenvalue weighted by molar-refractivity contribution is 7.89. The minimum Gasteiger partial charge on any atom is -0.482 e. The molecule has 0 N–H and O–H groups in total. The van der Waals surface area contributed by atoms with Gasteiger partial charge in [0.2, 0.25) is 10.0 Å². The second-order valence-corrected chi connectivity index (χ2v) is 11.1. The first-order chi connectivity index (χ1) is 17.9. The fourth-order valence-corrected chi connectivity index (χ4v) is 6.12. The van der Waals surface area contributed by atoms with Crippen LogP contribution in [0.4, 0.5) is 13.2 Å². The predicted molar refractivity (Wildman–Crippen MR) is 136 cm³/mol. The summed E-state index contributed by atoms with van der Waals surface area (Å²) in [5.74, 6) is -0.209. The summed E-state index contributed by atoms with van der Waals surface area (Å²) in [7, 11) is -3.86. The van der Waals surface area contributed by atoms with Gasteiger partial charge in [-0.1, -0.05) is 31.2 Å². The van der Waals surface area contributed by atoms with Crippen LogP contribution in [-0.2, 0) is 32.3 Å². The molecule has 0 amide bonds. The summed E-state index contributed by atoms with van der Waals surface area (Å²) in [5.41, 5.74) is 2.97. The smallest absolute Gasteiger partial charge is 0.416 e. The number of aryl methyl sites for hydroxylation is 1. The Hall–Kier alpha value is -3.37. The standard InChI is InChI=1S/C28H28F3NO5S/c1-4-36-27(33)17-37-26-12-10-24(13-18(26)2)38(34,35)32-15-19(3)25-11-7-21(14-22(25)16-32)20-5-8-23(9-6-20)28(29,30)31/h5-14,19H,4,15-17H2,1-3H3. The Labute approximate surface area is 220 Å². The van der Waals surface area contributed by atoms with Gasteiger partial charge in [-0.05, 0) is 84.0 Å². The molecule has 6 nitrogen and oxygen atoms in total. The number of alkyl halides is 3. The lowest BCUT2D eigenvalue weighted by atomic mass is 9.89. The van der Waals surface area contributed by atoms with Crippen molar-refractivity contribution in [1.29, 1.82) is 0 Å². The van der Waals surface area contributed by atoms with Crippen LogP contribution in [-0.4, -0.2) is 38.5 Å². The second-order valence-electron chi connectivity index (χ2n) is 9.21. The summed E-state index contributed by atoms with van der Waals surface area (Å²) in [6.07, 6.45) is -4.41. The zero-order valence-electron chi connectivity index (χ0n) is 21.2. The number of ether oxygens (including phenoxy) is 2. The number of benzene rings is 3. The van der Waals surface area contributed by atoms with Crippen molar-refractivity contribution < 1.29 is 35.9 Å². The molecule has 3 aromatic rings. The van der Waals surface area contributed by atoms with E-state index in [2.05, 4.69) is 0 Å². The number of esters is 1. The number of rotatable bonds is 7. The molecule has 202 valence electrons. The van der Waals surface area contributed by atoms with Crippen LogP contribution in [0.1, 0.15) is 42.0 Å². The average molecular weight is 548 g/mol. The monoisotopic (exact) mass is 547 g/mol. The highest BCUT2D eigenvalue weighted by Crippen LogP contribution is 2.36. The number of hydrogen-bond donors (Lipinski definition) is 0. The molecule has 4 rings (SSSR count). The van der Waals surface area contributed by atoms with Crippen LogP contribution in [0.5, 0.6) is 5.75 Å². The van der Waals surface area contributed by atoms with Crippen molar-refractivity contribution in [3.63, 3.8) is 0 Å². The summed E-state index contributed by atoms with van der Waals surface area (Å²) in [6, 6.07) is 15.0. The molecule has 3 aromatic carbocycles. The summed E-state index contributed by atoms with van der Waals surface area (Å²) in [5, 5.41) is 0. The molecule has 0 saturated heterocycles. The van der Waals surface area contributed by atoms with E-state index in [1.165, 1.54) is 34.6 Å². The molecule has 0 aromatic heterocycles. The Morgan fingerprint density at radius 3 is 2.34 bits per heavy atom. The first kappa shape index (κ1) is 27.7. The first-order valence-corrected chi connectivity index (χ1v) is 13.5. The molecule has 38 heavy (non-hydrogen) atoms. The van der Waals surface area contributed by atoms with E-state index in [1.54, 1.807) is 13.8 Å². The van der Waals surface area contributed by atoms with Crippen LogP contribution >= 0.6 is 0 Å². The van der Waals surface area contributed by atoms with Crippen molar-refractivity contribution in [1.82, 2.24) is 4.31 Å². The number of nitrogens with zero attached hydrogens (tertiary/aromatic N) is 1. The summed E-state index contributed by atoms with van der Waals surface area (Å²) in [4.78, 5) is 11.7. The molecular weight excluding hydrogens is 519 g/mol. The van der Waals surface area contributed by atoms with Crippen molar-refractivity contribution in [2.24, 2.45) is 0 Å². The number of carbonyl (C=O) groups excluding carboxylic acids is 1. The normalized spacial score (nSPS) is 16.1. The van der Waals surface area contributed by atoms with Gasteiger partial charge in [-0.3, -0.25) is 0 Å². The number of sulfonamides is 1. The third kappa shape index (κ3) is 5.86. The number of fused-ring (bicyclic) bond motifs is 1. The minimum atomic E-state index is -4.41. The molecular formula is C28H28F3NO5S. The lowest BCUT2D eigenvalue weighted by Gasteiger charge is -2.32. The van der Waals surface area contributed by atoms with Gasteiger partial charge in [0.25, 0.3) is 0 Å². The maximum absolute atomic E-state index is 13.5. The molecule has 10 heteroatoms. The Morgan fingerprint density at radius 2 is 1.71 bits per heavy atom. The molecule has 0 radical (unpaired) electrons. The topological polar surface area (TPSA) is 72.9 Å². The van der Waals surface area contributed by atoms with Crippen LogP contribution in [0.15, 0.2) is 65.6 Å². The van der Waals surface area contributed by atoms with Gasteiger partial charge < -0.3 is 9.47 Å². The van der Waals surface area contributed by atoms with Crippen molar-refractivity contribution >= 4 is 16.0 Å². The largest absolute Gasteiger partial charge is 0.482 e. The first-order valence-electron chi connectivity index (χ1n) is 12.1. The van der Waals surface area contributed by atoms with E-state index in [-0.39, 0.29) is 37.1 Å². The molecule has 0 saturated carbocycles. The van der Waals surface area contributed by atoms with Gasteiger partial charge in [-0.25, -0.2) is 13.2 Å². The van der Waals surface area contributed by atoms with Crippen molar-refractivity contribution in [2.45, 2.75) is 44.3 Å². The van der Waals surface area contributed by atoms with Crippen LogP contribution in [0.2, 0.25) is 0 Å². The third-order valence-electron chi connectivity index (χ3n) is 6.48. The molecule has 0 bridgehead atoms. The predicted octanol–water partition coefficient (Wildman–Crippen LogP) is 5.93. The van der Waals surface area contributed by atoms with E-state index in [1.807, 2.05) is 25.1 Å². The third-order valence-corrected chi connectivity index (χ3v) is 8.29. The molecule has 0 spiro atoms. The van der Waals surface area contributed by atoms with E-state index < -0.39 is 27.7 Å². The Bertz CT molecular complexity index is 1440. The summed E-state index contributed by atoms with van der Waals surface area (Å²) in [6.45, 7) is 5.72. The summed E-state index contributed by atoms with van der Waals surface area (Å²) >= 11 is 0. The van der Waals surface area contributed by atoms with Crippen molar-refractivity contribution in [2.75, 3.05) is 19.8 Å². The summed E-state index contributed by atoms with van der Waals surface area (Å²) < 4.78 is 77.6. The highest BCUT2D eigenvalue weighted by Gasteiger charge is 2.33. The van der Waals surface area contributed by atoms with Gasteiger partial charge in [0, 0.05) is 13.1 Å². The van der Waals surface area contributed by atoms with E-state index in [4.69, 9.17) is 9.47 Å². The molecule has 1 aliphatic rings. The van der Waals surface area contributed by atoms with Crippen LogP contribution in [0, 0.1) is 6.92 Å². The minimum absolute atomic E-state index is 0.0801. The Morgan fingerprint density at radius 1 is 1.03 bits per heavy atom. The van der Waals surface area contributed by atoms with Gasteiger partial charge in [0.1, 0.15) is 5.75 Å².